The second-order valence-corrected chi connectivity index (χ2v) is 5.58. The lowest BCUT2D eigenvalue weighted by Gasteiger charge is -2.29. The van der Waals surface area contributed by atoms with Gasteiger partial charge in [-0.2, -0.15) is 0 Å². The average Bonchev–Trinajstić information content (AvgIpc) is 2.37. The van der Waals surface area contributed by atoms with Crippen LogP contribution in [-0.4, -0.2) is 42.2 Å². The van der Waals surface area contributed by atoms with Crippen LogP contribution >= 0.6 is 0 Å². The van der Waals surface area contributed by atoms with E-state index in [4.69, 9.17) is 9.84 Å². The first-order valence-electron chi connectivity index (χ1n) is 7.01. The SMILES string of the molecule is COc1ccccc1CC(C)N(CC(=O)O)CC(C)C. The third-order valence-electron chi connectivity index (χ3n) is 3.27. The quantitative estimate of drug-likeness (QED) is 0.795. The molecule has 20 heavy (non-hydrogen) atoms. The molecule has 0 aliphatic heterocycles. The molecule has 0 heterocycles. The van der Waals surface area contributed by atoms with Gasteiger partial charge in [0.25, 0.3) is 0 Å². The van der Waals surface area contributed by atoms with Crippen molar-refractivity contribution >= 4 is 5.97 Å². The summed E-state index contributed by atoms with van der Waals surface area (Å²) < 4.78 is 5.35. The highest BCUT2D eigenvalue weighted by molar-refractivity contribution is 5.69. The summed E-state index contributed by atoms with van der Waals surface area (Å²) in [4.78, 5) is 13.0. The van der Waals surface area contributed by atoms with Crippen molar-refractivity contribution in [2.75, 3.05) is 20.2 Å². The molecule has 0 saturated heterocycles. The fourth-order valence-corrected chi connectivity index (χ4v) is 2.36. The van der Waals surface area contributed by atoms with Gasteiger partial charge in [-0.05, 0) is 30.9 Å². The molecule has 1 unspecified atom stereocenters. The number of para-hydroxylation sites is 1. The van der Waals surface area contributed by atoms with Crippen molar-refractivity contribution in [2.24, 2.45) is 5.92 Å². The zero-order valence-corrected chi connectivity index (χ0v) is 12.8. The van der Waals surface area contributed by atoms with Gasteiger partial charge in [-0.3, -0.25) is 9.69 Å². The summed E-state index contributed by atoms with van der Waals surface area (Å²) in [6, 6.07) is 8.05. The molecular formula is C16H25NO3. The van der Waals surface area contributed by atoms with E-state index in [1.54, 1.807) is 7.11 Å². The normalized spacial score (nSPS) is 12.7. The van der Waals surface area contributed by atoms with E-state index in [0.717, 1.165) is 24.3 Å². The second-order valence-electron chi connectivity index (χ2n) is 5.58. The topological polar surface area (TPSA) is 49.8 Å². The number of hydrogen-bond acceptors (Lipinski definition) is 3. The molecule has 0 spiro atoms. The second kappa shape index (κ2) is 7.90. The average molecular weight is 279 g/mol. The molecule has 0 aliphatic carbocycles. The summed E-state index contributed by atoms with van der Waals surface area (Å²) in [5, 5.41) is 9.05. The zero-order chi connectivity index (χ0) is 15.1. The van der Waals surface area contributed by atoms with Gasteiger partial charge in [0.15, 0.2) is 0 Å². The van der Waals surface area contributed by atoms with Crippen LogP contribution in [0.3, 0.4) is 0 Å². The molecule has 0 amide bonds. The van der Waals surface area contributed by atoms with Crippen LogP contribution in [0.1, 0.15) is 26.3 Å². The Kier molecular flexibility index (Phi) is 6.52. The maximum absolute atomic E-state index is 11.0. The van der Waals surface area contributed by atoms with Crippen LogP contribution in [0.25, 0.3) is 0 Å². The predicted octanol–water partition coefficient (Wildman–Crippen LogP) is 2.67. The molecule has 1 aromatic carbocycles. The Balaban J connectivity index is 2.78. The van der Waals surface area contributed by atoms with Crippen LogP contribution in [0.2, 0.25) is 0 Å². The Labute approximate surface area is 121 Å². The van der Waals surface area contributed by atoms with Crippen LogP contribution < -0.4 is 4.74 Å². The molecule has 1 aromatic rings. The van der Waals surface area contributed by atoms with E-state index in [-0.39, 0.29) is 12.6 Å². The number of carboxylic acid groups (broad SMARTS) is 1. The van der Waals surface area contributed by atoms with Crippen LogP contribution in [0, 0.1) is 5.92 Å². The number of nitrogens with zero attached hydrogens (tertiary/aromatic N) is 1. The summed E-state index contributed by atoms with van der Waals surface area (Å²) in [7, 11) is 1.66. The third-order valence-corrected chi connectivity index (χ3v) is 3.27. The van der Waals surface area contributed by atoms with Crippen molar-refractivity contribution in [2.45, 2.75) is 33.2 Å². The van der Waals surface area contributed by atoms with E-state index in [1.165, 1.54) is 0 Å². The molecule has 0 radical (unpaired) electrons. The van der Waals surface area contributed by atoms with Gasteiger partial charge < -0.3 is 9.84 Å². The number of hydrogen-bond donors (Lipinski definition) is 1. The van der Waals surface area contributed by atoms with E-state index < -0.39 is 5.97 Å². The summed E-state index contributed by atoms with van der Waals surface area (Å²) in [6.45, 7) is 7.13. The minimum Gasteiger partial charge on any atom is -0.496 e. The monoisotopic (exact) mass is 279 g/mol. The minimum absolute atomic E-state index is 0.0779. The molecule has 4 heteroatoms. The lowest BCUT2D eigenvalue weighted by Crippen LogP contribution is -2.40. The molecule has 1 atom stereocenters. The van der Waals surface area contributed by atoms with Crippen molar-refractivity contribution in [1.82, 2.24) is 4.90 Å². The number of benzene rings is 1. The largest absolute Gasteiger partial charge is 0.496 e. The van der Waals surface area contributed by atoms with E-state index in [1.807, 2.05) is 29.2 Å². The molecule has 0 bridgehead atoms. The van der Waals surface area contributed by atoms with Crippen LogP contribution in [0.4, 0.5) is 0 Å². The summed E-state index contributed by atoms with van der Waals surface area (Å²) >= 11 is 0. The first-order chi connectivity index (χ1) is 9.43. The highest BCUT2D eigenvalue weighted by Gasteiger charge is 2.19. The van der Waals surface area contributed by atoms with Gasteiger partial charge in [0.1, 0.15) is 5.75 Å². The van der Waals surface area contributed by atoms with Crippen LogP contribution in [-0.2, 0) is 11.2 Å². The Bertz CT molecular complexity index is 431. The lowest BCUT2D eigenvalue weighted by molar-refractivity contribution is -0.139. The number of methoxy groups -OCH3 is 1. The molecule has 0 fully saturated rings. The molecule has 4 nitrogen and oxygen atoms in total. The lowest BCUT2D eigenvalue weighted by atomic mass is 10.0. The fourth-order valence-electron chi connectivity index (χ4n) is 2.36. The molecule has 1 rings (SSSR count). The van der Waals surface area contributed by atoms with Crippen molar-refractivity contribution in [3.8, 4) is 5.75 Å². The molecule has 0 aliphatic rings. The van der Waals surface area contributed by atoms with Crippen LogP contribution in [0.5, 0.6) is 5.75 Å². The Morgan fingerprint density at radius 1 is 1.30 bits per heavy atom. The predicted molar refractivity (Wildman–Crippen MR) is 80.2 cm³/mol. The van der Waals surface area contributed by atoms with E-state index in [2.05, 4.69) is 20.8 Å². The number of ether oxygens (including phenoxy) is 1. The van der Waals surface area contributed by atoms with E-state index >= 15 is 0 Å². The first kappa shape index (κ1) is 16.5. The molecule has 0 aromatic heterocycles. The number of carbonyl (C=O) groups is 1. The molecule has 0 saturated carbocycles. The van der Waals surface area contributed by atoms with Crippen molar-refractivity contribution < 1.29 is 14.6 Å². The summed E-state index contributed by atoms with van der Waals surface area (Å²) in [5.41, 5.74) is 1.11. The zero-order valence-electron chi connectivity index (χ0n) is 12.8. The molecular weight excluding hydrogens is 254 g/mol. The summed E-state index contributed by atoms with van der Waals surface area (Å²) in [6.07, 6.45) is 0.782. The Morgan fingerprint density at radius 3 is 2.50 bits per heavy atom. The van der Waals surface area contributed by atoms with Crippen LogP contribution in [0.15, 0.2) is 24.3 Å². The Hall–Kier alpha value is -1.55. The van der Waals surface area contributed by atoms with E-state index in [0.29, 0.717) is 5.92 Å². The first-order valence-corrected chi connectivity index (χ1v) is 7.01. The van der Waals surface area contributed by atoms with Gasteiger partial charge in [-0.15, -0.1) is 0 Å². The van der Waals surface area contributed by atoms with Gasteiger partial charge in [-0.25, -0.2) is 0 Å². The highest BCUT2D eigenvalue weighted by Crippen LogP contribution is 2.20. The van der Waals surface area contributed by atoms with Crippen molar-refractivity contribution in [1.29, 1.82) is 0 Å². The summed E-state index contributed by atoms with van der Waals surface area (Å²) in [5.74, 6) is 0.520. The third kappa shape index (κ3) is 5.21. The fraction of sp³-hybridized carbons (Fsp3) is 0.562. The van der Waals surface area contributed by atoms with E-state index in [9.17, 15) is 4.79 Å². The minimum atomic E-state index is -0.780. The van der Waals surface area contributed by atoms with Gasteiger partial charge in [0.2, 0.25) is 0 Å². The van der Waals surface area contributed by atoms with Gasteiger partial charge in [-0.1, -0.05) is 32.0 Å². The maximum Gasteiger partial charge on any atom is 0.317 e. The standard InChI is InChI=1S/C16H25NO3/c1-12(2)10-17(11-16(18)19)13(3)9-14-7-5-6-8-15(14)20-4/h5-8,12-13H,9-11H2,1-4H3,(H,18,19). The number of aliphatic carboxylic acids is 1. The Morgan fingerprint density at radius 2 is 1.95 bits per heavy atom. The molecule has 1 N–H and O–H groups in total. The van der Waals surface area contributed by atoms with Gasteiger partial charge >= 0.3 is 5.97 Å². The number of carboxylic acids is 1. The van der Waals surface area contributed by atoms with Gasteiger partial charge in [0, 0.05) is 12.6 Å². The maximum atomic E-state index is 11.0. The van der Waals surface area contributed by atoms with Crippen molar-refractivity contribution in [3.05, 3.63) is 29.8 Å². The molecule has 112 valence electrons. The highest BCUT2D eigenvalue weighted by atomic mass is 16.5. The number of rotatable bonds is 8. The van der Waals surface area contributed by atoms with Crippen molar-refractivity contribution in [3.63, 3.8) is 0 Å². The van der Waals surface area contributed by atoms with Gasteiger partial charge in [0.05, 0.1) is 13.7 Å². The smallest absolute Gasteiger partial charge is 0.317 e.